The fourth-order valence-corrected chi connectivity index (χ4v) is 2.43. The van der Waals surface area contributed by atoms with Crippen LogP contribution < -0.4 is 14.8 Å². The number of rotatable bonds is 2. The zero-order chi connectivity index (χ0) is 13.2. The van der Waals surface area contributed by atoms with E-state index in [9.17, 15) is 4.79 Å². The van der Waals surface area contributed by atoms with Crippen molar-refractivity contribution in [2.45, 2.75) is 26.2 Å². The Morgan fingerprint density at radius 3 is 3.05 bits per heavy atom. The molecular formula is C15H17NO3. The maximum atomic E-state index is 11.8. The lowest BCUT2D eigenvalue weighted by Gasteiger charge is -2.19. The Morgan fingerprint density at radius 1 is 1.32 bits per heavy atom. The van der Waals surface area contributed by atoms with Crippen LogP contribution in [0.3, 0.4) is 0 Å². The van der Waals surface area contributed by atoms with Gasteiger partial charge in [0.2, 0.25) is 6.79 Å². The first kappa shape index (κ1) is 12.1. The van der Waals surface area contributed by atoms with Gasteiger partial charge >= 0.3 is 0 Å². The highest BCUT2D eigenvalue weighted by Gasteiger charge is 2.20. The van der Waals surface area contributed by atoms with E-state index in [4.69, 9.17) is 9.47 Å². The molecule has 1 aliphatic carbocycles. The molecule has 1 aromatic carbocycles. The molecular weight excluding hydrogens is 242 g/mol. The quantitative estimate of drug-likeness (QED) is 0.829. The van der Waals surface area contributed by atoms with Crippen LogP contribution >= 0.6 is 0 Å². The number of carbonyl (C=O) groups is 1. The SMILES string of the molecule is C[C@H]1CCC(=O)/C(=C/Nc2ccc3c(c2)OCO3)C1. The van der Waals surface area contributed by atoms with Crippen molar-refractivity contribution in [1.82, 2.24) is 0 Å². The van der Waals surface area contributed by atoms with Gasteiger partial charge in [0.05, 0.1) is 0 Å². The topological polar surface area (TPSA) is 47.6 Å². The second-order valence-corrected chi connectivity index (χ2v) is 5.15. The molecule has 1 atom stereocenters. The maximum absolute atomic E-state index is 11.8. The van der Waals surface area contributed by atoms with Gasteiger partial charge in [-0.05, 0) is 30.9 Å². The van der Waals surface area contributed by atoms with Crippen molar-refractivity contribution in [3.05, 3.63) is 30.0 Å². The molecule has 3 rings (SSSR count). The predicted octanol–water partition coefficient (Wildman–Crippen LogP) is 3.10. The standard InChI is InChI=1S/C15H17NO3/c1-10-2-4-13(17)11(6-10)8-16-12-3-5-14-15(7-12)19-9-18-14/h3,5,7-8,10,16H,2,4,6,9H2,1H3/b11-8+/t10-/m0/s1. The van der Waals surface area contributed by atoms with Crippen molar-refractivity contribution in [2.75, 3.05) is 12.1 Å². The van der Waals surface area contributed by atoms with Gasteiger partial charge in [-0.2, -0.15) is 0 Å². The minimum absolute atomic E-state index is 0.256. The third-order valence-electron chi connectivity index (χ3n) is 3.58. The summed E-state index contributed by atoms with van der Waals surface area (Å²) in [5.74, 6) is 2.35. The van der Waals surface area contributed by atoms with E-state index in [2.05, 4.69) is 12.2 Å². The molecule has 1 aromatic rings. The molecule has 1 saturated carbocycles. The van der Waals surface area contributed by atoms with E-state index in [1.165, 1.54) is 0 Å². The largest absolute Gasteiger partial charge is 0.454 e. The second kappa shape index (κ2) is 4.96. The van der Waals surface area contributed by atoms with Gasteiger partial charge in [0.1, 0.15) is 0 Å². The molecule has 100 valence electrons. The third kappa shape index (κ3) is 2.57. The summed E-state index contributed by atoms with van der Waals surface area (Å²) >= 11 is 0. The van der Waals surface area contributed by atoms with E-state index in [0.717, 1.165) is 35.6 Å². The smallest absolute Gasteiger partial charge is 0.231 e. The number of hydrogen-bond donors (Lipinski definition) is 1. The first-order valence-corrected chi connectivity index (χ1v) is 6.61. The van der Waals surface area contributed by atoms with Crippen LogP contribution in [0.2, 0.25) is 0 Å². The molecule has 0 radical (unpaired) electrons. The Morgan fingerprint density at radius 2 is 2.16 bits per heavy atom. The second-order valence-electron chi connectivity index (χ2n) is 5.15. The number of anilines is 1. The van der Waals surface area contributed by atoms with Gasteiger partial charge in [-0.15, -0.1) is 0 Å². The number of carbonyl (C=O) groups excluding carboxylic acids is 1. The van der Waals surface area contributed by atoms with Crippen LogP contribution in [0.5, 0.6) is 11.5 Å². The fourth-order valence-electron chi connectivity index (χ4n) is 2.43. The molecule has 0 unspecified atom stereocenters. The van der Waals surface area contributed by atoms with Gasteiger partial charge in [-0.1, -0.05) is 6.92 Å². The van der Waals surface area contributed by atoms with E-state index < -0.39 is 0 Å². The number of allylic oxidation sites excluding steroid dienone is 1. The minimum Gasteiger partial charge on any atom is -0.454 e. The molecule has 0 bridgehead atoms. The monoisotopic (exact) mass is 259 g/mol. The lowest BCUT2D eigenvalue weighted by atomic mass is 9.86. The number of Topliss-reactive ketones (excluding diaryl/α,β-unsaturated/α-hetero) is 1. The van der Waals surface area contributed by atoms with Crippen molar-refractivity contribution < 1.29 is 14.3 Å². The summed E-state index contributed by atoms with van der Waals surface area (Å²) in [6.07, 6.45) is 4.35. The molecule has 4 nitrogen and oxygen atoms in total. The van der Waals surface area contributed by atoms with Crippen molar-refractivity contribution in [3.63, 3.8) is 0 Å². The van der Waals surface area contributed by atoms with E-state index >= 15 is 0 Å². The lowest BCUT2D eigenvalue weighted by molar-refractivity contribution is -0.116. The predicted molar refractivity (Wildman–Crippen MR) is 72.3 cm³/mol. The Hall–Kier alpha value is -1.97. The molecule has 1 N–H and O–H groups in total. The molecule has 1 aliphatic heterocycles. The molecule has 0 amide bonds. The molecule has 19 heavy (non-hydrogen) atoms. The number of ketones is 1. The van der Waals surface area contributed by atoms with Crippen LogP contribution in [-0.2, 0) is 4.79 Å². The fraction of sp³-hybridized carbons (Fsp3) is 0.400. The molecule has 1 fully saturated rings. The molecule has 1 heterocycles. The number of benzene rings is 1. The summed E-state index contributed by atoms with van der Waals surface area (Å²) < 4.78 is 10.6. The number of fused-ring (bicyclic) bond motifs is 1. The van der Waals surface area contributed by atoms with E-state index in [1.54, 1.807) is 0 Å². The van der Waals surface area contributed by atoms with Crippen LogP contribution in [0.4, 0.5) is 5.69 Å². The Balaban J connectivity index is 1.73. The summed E-state index contributed by atoms with van der Waals surface area (Å²) in [7, 11) is 0. The average molecular weight is 259 g/mol. The number of hydrogen-bond acceptors (Lipinski definition) is 4. The summed E-state index contributed by atoms with van der Waals surface area (Å²) in [5, 5.41) is 3.18. The normalized spacial score (nSPS) is 23.7. The highest BCUT2D eigenvalue weighted by molar-refractivity contribution is 5.96. The summed E-state index contributed by atoms with van der Waals surface area (Å²) in [4.78, 5) is 11.8. The first-order chi connectivity index (χ1) is 9.22. The highest BCUT2D eigenvalue weighted by atomic mass is 16.7. The van der Waals surface area contributed by atoms with Crippen LogP contribution in [0.25, 0.3) is 0 Å². The zero-order valence-electron chi connectivity index (χ0n) is 10.9. The van der Waals surface area contributed by atoms with E-state index in [0.29, 0.717) is 12.3 Å². The molecule has 4 heteroatoms. The first-order valence-electron chi connectivity index (χ1n) is 6.61. The maximum Gasteiger partial charge on any atom is 0.231 e. The highest BCUT2D eigenvalue weighted by Crippen LogP contribution is 2.34. The van der Waals surface area contributed by atoms with Crippen LogP contribution in [0.15, 0.2) is 30.0 Å². The number of ether oxygens (including phenoxy) is 2. The van der Waals surface area contributed by atoms with E-state index in [1.807, 2.05) is 24.4 Å². The zero-order valence-corrected chi connectivity index (χ0v) is 10.9. The van der Waals surface area contributed by atoms with Gasteiger partial charge in [0, 0.05) is 29.9 Å². The van der Waals surface area contributed by atoms with Crippen LogP contribution in [0, 0.1) is 5.92 Å². The van der Waals surface area contributed by atoms with Crippen molar-refractivity contribution in [2.24, 2.45) is 5.92 Å². The van der Waals surface area contributed by atoms with Crippen LogP contribution in [-0.4, -0.2) is 12.6 Å². The summed E-state index contributed by atoms with van der Waals surface area (Å²) in [6, 6.07) is 5.67. The molecule has 0 aromatic heterocycles. The molecule has 0 spiro atoms. The average Bonchev–Trinajstić information content (AvgIpc) is 2.87. The Labute approximate surface area is 112 Å². The van der Waals surface area contributed by atoms with Gasteiger partial charge in [-0.25, -0.2) is 0 Å². The Kier molecular flexibility index (Phi) is 3.15. The van der Waals surface area contributed by atoms with Crippen molar-refractivity contribution >= 4 is 11.5 Å². The van der Waals surface area contributed by atoms with E-state index in [-0.39, 0.29) is 12.6 Å². The molecule has 2 aliphatic rings. The van der Waals surface area contributed by atoms with Gasteiger partial charge < -0.3 is 14.8 Å². The van der Waals surface area contributed by atoms with Gasteiger partial charge in [0.15, 0.2) is 17.3 Å². The summed E-state index contributed by atoms with van der Waals surface area (Å²) in [5.41, 5.74) is 1.79. The third-order valence-corrected chi connectivity index (χ3v) is 3.58. The van der Waals surface area contributed by atoms with Gasteiger partial charge in [0.25, 0.3) is 0 Å². The van der Waals surface area contributed by atoms with Crippen LogP contribution in [0.1, 0.15) is 26.2 Å². The minimum atomic E-state index is 0.256. The van der Waals surface area contributed by atoms with Crippen molar-refractivity contribution in [3.8, 4) is 11.5 Å². The molecule has 0 saturated heterocycles. The Bertz CT molecular complexity index is 536. The summed E-state index contributed by atoms with van der Waals surface area (Å²) in [6.45, 7) is 2.46. The lowest BCUT2D eigenvalue weighted by Crippen LogP contribution is -2.15. The van der Waals surface area contributed by atoms with Gasteiger partial charge in [-0.3, -0.25) is 4.79 Å². The van der Waals surface area contributed by atoms with Crippen molar-refractivity contribution in [1.29, 1.82) is 0 Å². The number of nitrogens with one attached hydrogen (secondary N) is 1.